The van der Waals surface area contributed by atoms with Gasteiger partial charge in [0.2, 0.25) is 15.9 Å². The fraction of sp³-hybridized carbons (Fsp3) is 0.188. The summed E-state index contributed by atoms with van der Waals surface area (Å²) in [7, 11) is -2.68. The number of nitrogens with one attached hydrogen (secondary N) is 3. The van der Waals surface area contributed by atoms with Crippen molar-refractivity contribution in [3.63, 3.8) is 0 Å². The number of benzene rings is 1. The summed E-state index contributed by atoms with van der Waals surface area (Å²) in [5.41, 5.74) is 4.85. The van der Waals surface area contributed by atoms with Crippen LogP contribution in [0.3, 0.4) is 0 Å². The molecule has 0 spiro atoms. The summed E-state index contributed by atoms with van der Waals surface area (Å²) in [5, 5.41) is 2.53. The van der Waals surface area contributed by atoms with Crippen molar-refractivity contribution in [2.24, 2.45) is 0 Å². The Bertz CT molecular complexity index is 989. The molecule has 0 saturated carbocycles. The van der Waals surface area contributed by atoms with Gasteiger partial charge in [-0.05, 0) is 52.3 Å². The summed E-state index contributed by atoms with van der Waals surface area (Å²) in [6.07, 6.45) is 0. The van der Waals surface area contributed by atoms with Gasteiger partial charge in [0.15, 0.2) is 0 Å². The van der Waals surface area contributed by atoms with E-state index in [1.807, 2.05) is 0 Å². The number of carbonyl (C=O) groups excluding carboxylic acids is 3. The van der Waals surface area contributed by atoms with Crippen LogP contribution in [0.1, 0.15) is 16.6 Å². The predicted molar refractivity (Wildman–Crippen MR) is 108 cm³/mol. The van der Waals surface area contributed by atoms with E-state index in [-0.39, 0.29) is 10.8 Å². The minimum Gasteiger partial charge on any atom is -0.326 e. The highest BCUT2D eigenvalue weighted by Gasteiger charge is 2.23. The first-order valence-corrected chi connectivity index (χ1v) is 10.8. The molecule has 0 saturated heterocycles. The second-order valence-electron chi connectivity index (χ2n) is 5.57. The first-order chi connectivity index (χ1) is 13.1. The normalized spacial score (nSPS) is 11.1. The number of hydrogen-bond donors (Lipinski definition) is 3. The van der Waals surface area contributed by atoms with Crippen LogP contribution in [0.4, 0.5) is 5.69 Å². The van der Waals surface area contributed by atoms with Gasteiger partial charge in [-0.1, -0.05) is 0 Å². The van der Waals surface area contributed by atoms with E-state index in [4.69, 9.17) is 0 Å². The lowest BCUT2D eigenvalue weighted by molar-refractivity contribution is -0.121. The predicted octanol–water partition coefficient (Wildman–Crippen LogP) is 1.55. The first-order valence-electron chi connectivity index (χ1n) is 7.78. The van der Waals surface area contributed by atoms with Crippen LogP contribution in [0.5, 0.6) is 0 Å². The summed E-state index contributed by atoms with van der Waals surface area (Å²) < 4.78 is 26.7. The van der Waals surface area contributed by atoms with E-state index in [2.05, 4.69) is 32.1 Å². The molecule has 0 unspecified atom stereocenters. The van der Waals surface area contributed by atoms with Crippen LogP contribution in [0.15, 0.2) is 45.1 Å². The largest absolute Gasteiger partial charge is 0.326 e. The quantitative estimate of drug-likeness (QED) is 0.532. The Morgan fingerprint density at radius 3 is 2.25 bits per heavy atom. The number of sulfonamides is 1. The van der Waals surface area contributed by atoms with E-state index in [0.717, 1.165) is 8.09 Å². The minimum atomic E-state index is -3.92. The number of rotatable bonds is 6. The maximum atomic E-state index is 12.5. The van der Waals surface area contributed by atoms with Gasteiger partial charge in [-0.15, -0.1) is 11.3 Å². The van der Waals surface area contributed by atoms with Crippen molar-refractivity contribution in [2.75, 3.05) is 18.9 Å². The van der Waals surface area contributed by atoms with Crippen molar-refractivity contribution >= 4 is 60.7 Å². The molecule has 0 aliphatic carbocycles. The summed E-state index contributed by atoms with van der Waals surface area (Å²) in [5.74, 6) is -1.49. The van der Waals surface area contributed by atoms with Crippen LogP contribution in [0.2, 0.25) is 0 Å². The smallest absolute Gasteiger partial charge is 0.279 e. The van der Waals surface area contributed by atoms with E-state index < -0.39 is 28.4 Å². The van der Waals surface area contributed by atoms with Crippen molar-refractivity contribution in [1.29, 1.82) is 0 Å². The molecule has 0 bridgehead atoms. The molecule has 28 heavy (non-hydrogen) atoms. The third-order valence-electron chi connectivity index (χ3n) is 3.36. The average molecular weight is 489 g/mol. The molecular formula is C16H17BrN4O5S2. The lowest BCUT2D eigenvalue weighted by Crippen LogP contribution is -2.46. The standard InChI is InChI=1S/C16H17BrN4O5S2/c1-10(22)18-11-3-5-12(6-4-11)28(25,26)21(2)9-15(23)19-20-16(24)13-7-8-14(17)27-13/h3-8H,9H2,1-2H3,(H,18,22)(H,19,23)(H,20,24). The monoisotopic (exact) mass is 488 g/mol. The van der Waals surface area contributed by atoms with Gasteiger partial charge in [0, 0.05) is 19.7 Å². The van der Waals surface area contributed by atoms with Crippen molar-refractivity contribution in [2.45, 2.75) is 11.8 Å². The number of anilines is 1. The molecule has 1 heterocycles. The molecule has 3 amide bonds. The van der Waals surface area contributed by atoms with E-state index in [0.29, 0.717) is 10.6 Å². The lowest BCUT2D eigenvalue weighted by Gasteiger charge is -2.17. The van der Waals surface area contributed by atoms with Crippen molar-refractivity contribution in [3.05, 3.63) is 45.1 Å². The molecule has 0 aliphatic heterocycles. The number of carbonyl (C=O) groups is 3. The number of thiophene rings is 1. The molecule has 150 valence electrons. The lowest BCUT2D eigenvalue weighted by atomic mass is 10.3. The maximum absolute atomic E-state index is 12.5. The van der Waals surface area contributed by atoms with E-state index in [1.54, 1.807) is 12.1 Å². The molecule has 12 heteroatoms. The Morgan fingerprint density at radius 2 is 1.71 bits per heavy atom. The van der Waals surface area contributed by atoms with Gasteiger partial charge in [0.1, 0.15) is 0 Å². The molecular weight excluding hydrogens is 472 g/mol. The SMILES string of the molecule is CC(=O)Nc1ccc(S(=O)(=O)N(C)CC(=O)NNC(=O)c2ccc(Br)s2)cc1. The van der Waals surface area contributed by atoms with Gasteiger partial charge >= 0.3 is 0 Å². The zero-order valence-corrected chi connectivity index (χ0v) is 18.1. The summed E-state index contributed by atoms with van der Waals surface area (Å²) in [6.45, 7) is 0.845. The fourth-order valence-electron chi connectivity index (χ4n) is 2.04. The van der Waals surface area contributed by atoms with Crippen LogP contribution < -0.4 is 16.2 Å². The highest BCUT2D eigenvalue weighted by molar-refractivity contribution is 9.11. The Balaban J connectivity index is 1.94. The van der Waals surface area contributed by atoms with Crippen LogP contribution in [-0.4, -0.2) is 44.0 Å². The fourth-order valence-corrected chi connectivity index (χ4v) is 4.45. The molecule has 1 aromatic heterocycles. The number of hydrogen-bond acceptors (Lipinski definition) is 6. The molecule has 0 atom stereocenters. The topological polar surface area (TPSA) is 125 Å². The van der Waals surface area contributed by atoms with Gasteiger partial charge < -0.3 is 5.32 Å². The van der Waals surface area contributed by atoms with Crippen molar-refractivity contribution < 1.29 is 22.8 Å². The summed E-state index contributed by atoms with van der Waals surface area (Å²) >= 11 is 4.42. The summed E-state index contributed by atoms with van der Waals surface area (Å²) in [6, 6.07) is 8.82. The number of likely N-dealkylation sites (N-methyl/N-ethyl adjacent to an activating group) is 1. The third-order valence-corrected chi connectivity index (χ3v) is 6.80. The molecule has 9 nitrogen and oxygen atoms in total. The van der Waals surface area contributed by atoms with E-state index >= 15 is 0 Å². The van der Waals surface area contributed by atoms with Gasteiger partial charge in [-0.25, -0.2) is 8.42 Å². The molecule has 0 radical (unpaired) electrons. The number of nitrogens with zero attached hydrogens (tertiary/aromatic N) is 1. The van der Waals surface area contributed by atoms with E-state index in [1.165, 1.54) is 49.6 Å². The number of hydrazine groups is 1. The highest BCUT2D eigenvalue weighted by Crippen LogP contribution is 2.21. The Kier molecular flexibility index (Phi) is 7.29. The van der Waals surface area contributed by atoms with Crippen LogP contribution >= 0.6 is 27.3 Å². The van der Waals surface area contributed by atoms with Crippen molar-refractivity contribution in [3.8, 4) is 0 Å². The maximum Gasteiger partial charge on any atom is 0.279 e. The van der Waals surface area contributed by atoms with Crippen LogP contribution in [-0.2, 0) is 19.6 Å². The van der Waals surface area contributed by atoms with Crippen LogP contribution in [0.25, 0.3) is 0 Å². The molecule has 1 aromatic carbocycles. The second kappa shape index (κ2) is 9.28. The molecule has 0 fully saturated rings. The average Bonchev–Trinajstić information content (AvgIpc) is 3.06. The molecule has 2 aromatic rings. The van der Waals surface area contributed by atoms with Crippen molar-refractivity contribution in [1.82, 2.24) is 15.2 Å². The minimum absolute atomic E-state index is 0.0376. The van der Waals surface area contributed by atoms with Gasteiger partial charge in [0.05, 0.1) is 20.1 Å². The molecule has 3 N–H and O–H groups in total. The zero-order valence-electron chi connectivity index (χ0n) is 14.9. The van der Waals surface area contributed by atoms with E-state index in [9.17, 15) is 22.8 Å². The number of amides is 3. The van der Waals surface area contributed by atoms with Crippen LogP contribution in [0, 0.1) is 0 Å². The Morgan fingerprint density at radius 1 is 1.07 bits per heavy atom. The van der Waals surface area contributed by atoms with Gasteiger partial charge in [-0.2, -0.15) is 4.31 Å². The highest BCUT2D eigenvalue weighted by atomic mass is 79.9. The van der Waals surface area contributed by atoms with Gasteiger partial charge in [0.25, 0.3) is 11.8 Å². The summed E-state index contributed by atoms with van der Waals surface area (Å²) in [4.78, 5) is 35.2. The number of halogens is 1. The first kappa shape index (κ1) is 22.0. The molecule has 2 rings (SSSR count). The third kappa shape index (κ3) is 5.86. The van der Waals surface area contributed by atoms with Gasteiger partial charge in [-0.3, -0.25) is 25.2 Å². The second-order valence-corrected chi connectivity index (χ2v) is 10.1. The molecule has 0 aliphatic rings. The Labute approximate surface area is 174 Å². The Hall–Kier alpha value is -2.28. The zero-order chi connectivity index (χ0) is 20.9.